The molecule has 6 nitrogen and oxygen atoms in total. The molecule has 0 bridgehead atoms. The Kier molecular flexibility index (Phi) is 6.22. The number of nitrogens with zero attached hydrogens (tertiary/aromatic N) is 3. The second-order valence-electron chi connectivity index (χ2n) is 6.19. The minimum atomic E-state index is -0.158. The molecule has 144 valence electrons. The monoisotopic (exact) mass is 376 g/mol. The number of benzene rings is 2. The van der Waals surface area contributed by atoms with Crippen LogP contribution in [-0.2, 0) is 0 Å². The molecular formula is C22H24N4O2. The number of hydrogen-bond acceptors (Lipinski definition) is 5. The number of anilines is 3. The normalized spacial score (nSPS) is 10.4. The third-order valence-corrected chi connectivity index (χ3v) is 4.12. The maximum Gasteiger partial charge on any atom is 0.277 e. The second kappa shape index (κ2) is 8.99. The number of aromatic nitrogens is 2. The molecule has 0 spiro atoms. The lowest BCUT2D eigenvalue weighted by molar-refractivity contribution is 0.0983. The summed E-state index contributed by atoms with van der Waals surface area (Å²) >= 11 is 0. The van der Waals surface area contributed by atoms with E-state index in [2.05, 4.69) is 15.3 Å². The van der Waals surface area contributed by atoms with Gasteiger partial charge in [-0.1, -0.05) is 18.2 Å². The number of aryl methyl sites for hydroxylation is 1. The van der Waals surface area contributed by atoms with Gasteiger partial charge < -0.3 is 15.0 Å². The maximum atomic E-state index is 13.0. The number of nitrogens with one attached hydrogen (secondary N) is 1. The van der Waals surface area contributed by atoms with Crippen molar-refractivity contribution >= 4 is 23.2 Å². The lowest BCUT2D eigenvalue weighted by atomic mass is 10.2. The van der Waals surface area contributed by atoms with Gasteiger partial charge in [0, 0.05) is 23.6 Å². The van der Waals surface area contributed by atoms with Crippen LogP contribution in [0.2, 0.25) is 0 Å². The number of hydrogen-bond donors (Lipinski definition) is 1. The molecular weight excluding hydrogens is 352 g/mol. The summed E-state index contributed by atoms with van der Waals surface area (Å²) < 4.78 is 5.45. The van der Waals surface area contributed by atoms with Gasteiger partial charge in [0.2, 0.25) is 5.95 Å². The van der Waals surface area contributed by atoms with Crippen molar-refractivity contribution < 1.29 is 9.53 Å². The molecule has 0 fully saturated rings. The van der Waals surface area contributed by atoms with Crippen LogP contribution < -0.4 is 15.0 Å². The Morgan fingerprint density at radius 3 is 2.39 bits per heavy atom. The summed E-state index contributed by atoms with van der Waals surface area (Å²) in [6.45, 7) is 6.90. The molecule has 0 unspecified atom stereocenters. The molecule has 0 radical (unpaired) electrons. The van der Waals surface area contributed by atoms with Crippen LogP contribution >= 0.6 is 0 Å². The smallest absolute Gasteiger partial charge is 0.277 e. The molecule has 0 aliphatic heterocycles. The van der Waals surface area contributed by atoms with Gasteiger partial charge in [-0.25, -0.2) is 9.97 Å². The molecule has 2 aromatic carbocycles. The van der Waals surface area contributed by atoms with Crippen LogP contribution in [0, 0.1) is 6.92 Å². The van der Waals surface area contributed by atoms with Gasteiger partial charge in [0.05, 0.1) is 6.61 Å². The van der Waals surface area contributed by atoms with Crippen LogP contribution in [0.4, 0.5) is 17.3 Å². The maximum absolute atomic E-state index is 13.0. The van der Waals surface area contributed by atoms with Crippen molar-refractivity contribution in [2.24, 2.45) is 0 Å². The highest BCUT2D eigenvalue weighted by Gasteiger charge is 2.18. The predicted octanol–water partition coefficient (Wildman–Crippen LogP) is 4.59. The van der Waals surface area contributed by atoms with Crippen LogP contribution in [0.25, 0.3) is 0 Å². The zero-order valence-corrected chi connectivity index (χ0v) is 16.3. The molecule has 1 amide bonds. The first-order valence-corrected chi connectivity index (χ1v) is 9.33. The molecule has 28 heavy (non-hydrogen) atoms. The van der Waals surface area contributed by atoms with Crippen molar-refractivity contribution in [1.82, 2.24) is 9.97 Å². The highest BCUT2D eigenvalue weighted by atomic mass is 16.5. The lowest BCUT2D eigenvalue weighted by Gasteiger charge is -2.21. The van der Waals surface area contributed by atoms with Gasteiger partial charge in [-0.3, -0.25) is 4.79 Å². The molecule has 3 aromatic rings. The summed E-state index contributed by atoms with van der Waals surface area (Å²) in [6.07, 6.45) is 0. The quantitative estimate of drug-likeness (QED) is 0.653. The second-order valence-corrected chi connectivity index (χ2v) is 6.19. The Morgan fingerprint density at radius 2 is 1.75 bits per heavy atom. The van der Waals surface area contributed by atoms with Gasteiger partial charge in [-0.2, -0.15) is 0 Å². The van der Waals surface area contributed by atoms with E-state index in [1.165, 1.54) is 0 Å². The number of rotatable bonds is 7. The van der Waals surface area contributed by atoms with E-state index in [9.17, 15) is 4.79 Å². The van der Waals surface area contributed by atoms with Gasteiger partial charge in [0.25, 0.3) is 5.91 Å². The minimum Gasteiger partial charge on any atom is -0.494 e. The molecule has 1 N–H and O–H groups in total. The zero-order chi connectivity index (χ0) is 19.9. The van der Waals surface area contributed by atoms with E-state index in [0.717, 1.165) is 22.8 Å². The molecule has 1 aromatic heterocycles. The number of para-hydroxylation sites is 1. The Hall–Kier alpha value is -3.41. The van der Waals surface area contributed by atoms with Gasteiger partial charge in [0.15, 0.2) is 0 Å². The average Bonchev–Trinajstić information content (AvgIpc) is 2.70. The number of carbonyl (C=O) groups excluding carboxylic acids is 1. The number of ether oxygens (including phenoxy) is 1. The third-order valence-electron chi connectivity index (χ3n) is 4.12. The van der Waals surface area contributed by atoms with E-state index >= 15 is 0 Å². The number of carbonyl (C=O) groups is 1. The average molecular weight is 376 g/mol. The summed E-state index contributed by atoms with van der Waals surface area (Å²) in [5.41, 5.74) is 2.73. The van der Waals surface area contributed by atoms with Gasteiger partial charge in [-0.05, 0) is 63.2 Å². The first-order valence-electron chi connectivity index (χ1n) is 9.33. The molecule has 6 heteroatoms. The van der Waals surface area contributed by atoms with Crippen molar-refractivity contribution in [2.75, 3.05) is 23.4 Å². The molecule has 0 atom stereocenters. The zero-order valence-electron chi connectivity index (χ0n) is 16.3. The van der Waals surface area contributed by atoms with Crippen molar-refractivity contribution in [1.29, 1.82) is 0 Å². The van der Waals surface area contributed by atoms with Crippen LogP contribution in [0.15, 0.2) is 60.7 Å². The Morgan fingerprint density at radius 1 is 1.04 bits per heavy atom. The Bertz CT molecular complexity index is 927. The van der Waals surface area contributed by atoms with Gasteiger partial charge in [0.1, 0.15) is 11.4 Å². The summed E-state index contributed by atoms with van der Waals surface area (Å²) in [4.78, 5) is 23.6. The summed E-state index contributed by atoms with van der Waals surface area (Å²) in [7, 11) is 0. The molecule has 0 saturated heterocycles. The standard InChI is InChI=1S/C22H24N4O2/c1-4-26(18-9-7-6-8-10-18)21(27)20-15-16(3)23-22(25-20)24-17-11-13-19(14-12-17)28-5-2/h6-15H,4-5H2,1-3H3,(H,23,24,25). The number of amides is 1. The summed E-state index contributed by atoms with van der Waals surface area (Å²) in [6, 6.07) is 18.8. The fourth-order valence-electron chi connectivity index (χ4n) is 2.85. The highest BCUT2D eigenvalue weighted by molar-refractivity contribution is 6.05. The van der Waals surface area contributed by atoms with Crippen LogP contribution in [0.5, 0.6) is 5.75 Å². The van der Waals surface area contributed by atoms with E-state index in [1.807, 2.05) is 75.4 Å². The Labute approximate surface area is 165 Å². The van der Waals surface area contributed by atoms with Crippen LogP contribution in [-0.4, -0.2) is 29.0 Å². The SMILES string of the molecule is CCOc1ccc(Nc2nc(C)cc(C(=O)N(CC)c3ccccc3)n2)cc1. The van der Waals surface area contributed by atoms with Crippen molar-refractivity contribution in [2.45, 2.75) is 20.8 Å². The predicted molar refractivity (Wildman–Crippen MR) is 111 cm³/mol. The van der Waals surface area contributed by atoms with Crippen LogP contribution in [0.3, 0.4) is 0 Å². The van der Waals surface area contributed by atoms with Crippen LogP contribution in [0.1, 0.15) is 30.0 Å². The van der Waals surface area contributed by atoms with Gasteiger partial charge in [-0.15, -0.1) is 0 Å². The largest absolute Gasteiger partial charge is 0.494 e. The molecule has 0 aliphatic rings. The highest BCUT2D eigenvalue weighted by Crippen LogP contribution is 2.20. The first kappa shape index (κ1) is 19.4. The van der Waals surface area contributed by atoms with Crippen molar-refractivity contribution in [3.63, 3.8) is 0 Å². The molecule has 3 rings (SSSR count). The third kappa shape index (κ3) is 4.65. The molecule has 0 aliphatic carbocycles. The van der Waals surface area contributed by atoms with E-state index < -0.39 is 0 Å². The topological polar surface area (TPSA) is 67.3 Å². The van der Waals surface area contributed by atoms with E-state index in [0.29, 0.717) is 24.8 Å². The van der Waals surface area contributed by atoms with E-state index in [-0.39, 0.29) is 5.91 Å². The van der Waals surface area contributed by atoms with Gasteiger partial charge >= 0.3 is 0 Å². The van der Waals surface area contributed by atoms with Crippen molar-refractivity contribution in [3.8, 4) is 5.75 Å². The lowest BCUT2D eigenvalue weighted by Crippen LogP contribution is -2.31. The fourth-order valence-corrected chi connectivity index (χ4v) is 2.85. The fraction of sp³-hybridized carbons (Fsp3) is 0.227. The summed E-state index contributed by atoms with van der Waals surface area (Å²) in [5, 5.41) is 3.16. The van der Waals surface area contributed by atoms with E-state index in [4.69, 9.17) is 4.74 Å². The summed E-state index contributed by atoms with van der Waals surface area (Å²) in [5.74, 6) is 1.03. The molecule has 1 heterocycles. The Balaban J connectivity index is 1.83. The van der Waals surface area contributed by atoms with E-state index in [1.54, 1.807) is 11.0 Å². The minimum absolute atomic E-state index is 0.158. The first-order chi connectivity index (χ1) is 13.6. The molecule has 0 saturated carbocycles. The van der Waals surface area contributed by atoms with Crippen molar-refractivity contribution in [3.05, 3.63) is 72.1 Å².